The second-order valence-corrected chi connectivity index (χ2v) is 7.04. The van der Waals surface area contributed by atoms with E-state index in [1.807, 2.05) is 36.4 Å². The molecule has 3 rings (SSSR count). The van der Waals surface area contributed by atoms with Gasteiger partial charge in [0, 0.05) is 22.6 Å². The van der Waals surface area contributed by atoms with Crippen molar-refractivity contribution in [3.8, 4) is 0 Å². The monoisotopic (exact) mass is 387 g/mol. The zero-order valence-electron chi connectivity index (χ0n) is 16.6. The molecule has 2 amide bonds. The molecule has 0 saturated heterocycles. The van der Waals surface area contributed by atoms with E-state index in [9.17, 15) is 9.59 Å². The fraction of sp³-hybridized carbons (Fsp3) is 0.167. The summed E-state index contributed by atoms with van der Waals surface area (Å²) in [4.78, 5) is 24.6. The normalized spacial score (nSPS) is 10.4. The molecule has 0 radical (unpaired) electrons. The number of para-hydroxylation sites is 1. The summed E-state index contributed by atoms with van der Waals surface area (Å²) in [6.07, 6.45) is 0. The molecule has 5 heteroatoms. The van der Waals surface area contributed by atoms with Crippen LogP contribution >= 0.6 is 0 Å². The molecule has 3 N–H and O–H groups in total. The summed E-state index contributed by atoms with van der Waals surface area (Å²) < 4.78 is 0. The van der Waals surface area contributed by atoms with Crippen LogP contribution in [0.25, 0.3) is 0 Å². The van der Waals surface area contributed by atoms with Gasteiger partial charge in [-0.25, -0.2) is 0 Å². The molecule has 0 fully saturated rings. The van der Waals surface area contributed by atoms with Gasteiger partial charge in [-0.1, -0.05) is 56.3 Å². The molecule has 148 valence electrons. The Kier molecular flexibility index (Phi) is 6.63. The van der Waals surface area contributed by atoms with E-state index < -0.39 is 0 Å². The number of carbonyl (C=O) groups excluding carboxylic acids is 2. The Morgan fingerprint density at radius 3 is 2.17 bits per heavy atom. The molecule has 5 nitrogen and oxygen atoms in total. The average Bonchev–Trinajstić information content (AvgIpc) is 2.73. The Hall–Kier alpha value is -3.60. The van der Waals surface area contributed by atoms with E-state index in [-0.39, 0.29) is 18.4 Å². The third-order valence-corrected chi connectivity index (χ3v) is 4.46. The highest BCUT2D eigenvalue weighted by Crippen LogP contribution is 2.23. The van der Waals surface area contributed by atoms with Crippen LogP contribution in [0.3, 0.4) is 0 Å². The number of nitrogens with one attached hydrogen (secondary N) is 3. The van der Waals surface area contributed by atoms with Gasteiger partial charge in [0.15, 0.2) is 0 Å². The first-order valence-corrected chi connectivity index (χ1v) is 9.62. The van der Waals surface area contributed by atoms with Crippen LogP contribution in [0.15, 0.2) is 78.9 Å². The van der Waals surface area contributed by atoms with Gasteiger partial charge in [0.25, 0.3) is 5.91 Å². The maximum atomic E-state index is 12.4. The summed E-state index contributed by atoms with van der Waals surface area (Å²) in [6, 6.07) is 24.1. The standard InChI is InChI=1S/C24H25N3O2/c1-17(2)21-13-6-7-14-22(21)25-16-23(28)26-19-11-8-12-20(15-19)27-24(29)18-9-4-3-5-10-18/h3-15,17,25H,16H2,1-2H3,(H,26,28)(H,27,29). The van der Waals surface area contributed by atoms with E-state index >= 15 is 0 Å². The Labute approximate surface area is 171 Å². The molecule has 0 aliphatic rings. The van der Waals surface area contributed by atoms with Crippen molar-refractivity contribution in [1.29, 1.82) is 0 Å². The average molecular weight is 387 g/mol. The van der Waals surface area contributed by atoms with Gasteiger partial charge in [0.1, 0.15) is 0 Å². The highest BCUT2D eigenvalue weighted by molar-refractivity contribution is 6.04. The molecule has 0 atom stereocenters. The molecule has 3 aromatic rings. The lowest BCUT2D eigenvalue weighted by atomic mass is 10.0. The lowest BCUT2D eigenvalue weighted by molar-refractivity contribution is -0.114. The van der Waals surface area contributed by atoms with E-state index in [1.165, 1.54) is 5.56 Å². The SMILES string of the molecule is CC(C)c1ccccc1NCC(=O)Nc1cccc(NC(=O)c2ccccc2)c1. The van der Waals surface area contributed by atoms with Crippen molar-refractivity contribution in [3.05, 3.63) is 90.0 Å². The number of hydrogen-bond acceptors (Lipinski definition) is 3. The molecule has 0 unspecified atom stereocenters. The van der Waals surface area contributed by atoms with Crippen molar-refractivity contribution in [2.24, 2.45) is 0 Å². The maximum absolute atomic E-state index is 12.4. The zero-order chi connectivity index (χ0) is 20.6. The second-order valence-electron chi connectivity index (χ2n) is 7.04. The number of hydrogen-bond donors (Lipinski definition) is 3. The maximum Gasteiger partial charge on any atom is 0.255 e. The van der Waals surface area contributed by atoms with Crippen molar-refractivity contribution in [3.63, 3.8) is 0 Å². The highest BCUT2D eigenvalue weighted by atomic mass is 16.2. The van der Waals surface area contributed by atoms with E-state index in [0.717, 1.165) is 5.69 Å². The van der Waals surface area contributed by atoms with Gasteiger partial charge in [-0.2, -0.15) is 0 Å². The predicted octanol–water partition coefficient (Wildman–Crippen LogP) is 5.11. The van der Waals surface area contributed by atoms with Gasteiger partial charge in [0.2, 0.25) is 5.91 Å². The molecule has 0 bridgehead atoms. The molecule has 0 aromatic heterocycles. The van der Waals surface area contributed by atoms with Gasteiger partial charge in [-0.05, 0) is 47.9 Å². The van der Waals surface area contributed by atoms with Crippen LogP contribution < -0.4 is 16.0 Å². The molecule has 0 aliphatic carbocycles. The van der Waals surface area contributed by atoms with Gasteiger partial charge in [-0.15, -0.1) is 0 Å². The summed E-state index contributed by atoms with van der Waals surface area (Å²) in [5.74, 6) is 0.0165. The highest BCUT2D eigenvalue weighted by Gasteiger charge is 2.09. The summed E-state index contributed by atoms with van der Waals surface area (Å²) in [5, 5.41) is 8.91. The van der Waals surface area contributed by atoms with E-state index in [0.29, 0.717) is 22.9 Å². The lowest BCUT2D eigenvalue weighted by Crippen LogP contribution is -2.22. The van der Waals surface area contributed by atoms with Crippen molar-refractivity contribution in [2.75, 3.05) is 22.5 Å². The first-order chi connectivity index (χ1) is 14.0. The van der Waals surface area contributed by atoms with Crippen LogP contribution in [0.2, 0.25) is 0 Å². The van der Waals surface area contributed by atoms with Crippen LogP contribution in [0, 0.1) is 0 Å². The molecule has 0 heterocycles. The van der Waals surface area contributed by atoms with Crippen LogP contribution in [0.1, 0.15) is 35.7 Å². The minimum absolute atomic E-state index is 0.157. The Morgan fingerprint density at radius 2 is 1.45 bits per heavy atom. The number of rotatable bonds is 7. The molecule has 0 saturated carbocycles. The number of carbonyl (C=O) groups is 2. The second kappa shape index (κ2) is 9.55. The van der Waals surface area contributed by atoms with E-state index in [4.69, 9.17) is 0 Å². The van der Waals surface area contributed by atoms with Gasteiger partial charge in [-0.3, -0.25) is 9.59 Å². The van der Waals surface area contributed by atoms with Crippen LogP contribution in [-0.2, 0) is 4.79 Å². The van der Waals surface area contributed by atoms with Crippen LogP contribution in [-0.4, -0.2) is 18.4 Å². The van der Waals surface area contributed by atoms with Crippen LogP contribution in [0.5, 0.6) is 0 Å². The summed E-state index contributed by atoms with van der Waals surface area (Å²) >= 11 is 0. The van der Waals surface area contributed by atoms with Crippen molar-refractivity contribution in [1.82, 2.24) is 0 Å². The van der Waals surface area contributed by atoms with Crippen molar-refractivity contribution >= 4 is 28.9 Å². The predicted molar refractivity (Wildman–Crippen MR) is 118 cm³/mol. The van der Waals surface area contributed by atoms with Crippen LogP contribution in [0.4, 0.5) is 17.1 Å². The van der Waals surface area contributed by atoms with Crippen molar-refractivity contribution < 1.29 is 9.59 Å². The fourth-order valence-electron chi connectivity index (χ4n) is 3.01. The fourth-order valence-corrected chi connectivity index (χ4v) is 3.01. The molecule has 0 spiro atoms. The minimum atomic E-state index is -0.193. The first-order valence-electron chi connectivity index (χ1n) is 9.62. The molecule has 3 aromatic carbocycles. The zero-order valence-corrected chi connectivity index (χ0v) is 16.6. The number of amides is 2. The summed E-state index contributed by atoms with van der Waals surface area (Å²) in [6.45, 7) is 4.40. The molecular formula is C24H25N3O2. The minimum Gasteiger partial charge on any atom is -0.376 e. The van der Waals surface area contributed by atoms with Gasteiger partial charge in [0.05, 0.1) is 6.54 Å². The van der Waals surface area contributed by atoms with E-state index in [1.54, 1.807) is 36.4 Å². The molecule has 29 heavy (non-hydrogen) atoms. The Bertz CT molecular complexity index is 984. The number of benzene rings is 3. The molecular weight excluding hydrogens is 362 g/mol. The van der Waals surface area contributed by atoms with Gasteiger partial charge < -0.3 is 16.0 Å². The summed E-state index contributed by atoms with van der Waals surface area (Å²) in [5.41, 5.74) is 3.96. The Balaban J connectivity index is 1.59. The van der Waals surface area contributed by atoms with Crippen molar-refractivity contribution in [2.45, 2.75) is 19.8 Å². The first kappa shape index (κ1) is 20.1. The molecule has 0 aliphatic heterocycles. The number of anilines is 3. The topological polar surface area (TPSA) is 70.2 Å². The summed E-state index contributed by atoms with van der Waals surface area (Å²) in [7, 11) is 0. The van der Waals surface area contributed by atoms with Gasteiger partial charge >= 0.3 is 0 Å². The lowest BCUT2D eigenvalue weighted by Gasteiger charge is -2.14. The largest absolute Gasteiger partial charge is 0.376 e. The van der Waals surface area contributed by atoms with E-state index in [2.05, 4.69) is 35.9 Å². The smallest absolute Gasteiger partial charge is 0.255 e. The third kappa shape index (κ3) is 5.69. The Morgan fingerprint density at radius 1 is 0.793 bits per heavy atom. The third-order valence-electron chi connectivity index (χ3n) is 4.46. The quantitative estimate of drug-likeness (QED) is 0.527.